The number of unbranched alkanes of at least 4 members (excludes halogenated alkanes) is 11. The summed E-state index contributed by atoms with van der Waals surface area (Å²) in [4.78, 5) is 0. The summed E-state index contributed by atoms with van der Waals surface area (Å²) in [5.74, 6) is 0. The topological polar surface area (TPSA) is 9.23 Å². The molecule has 24 heavy (non-hydrogen) atoms. The number of allylic oxidation sites excluding steroid dienone is 2. The molecule has 1 atom stereocenters. The van der Waals surface area contributed by atoms with Crippen LogP contribution in [0.4, 0.5) is 0 Å². The molecule has 0 heterocycles. The molecule has 0 amide bonds. The summed E-state index contributed by atoms with van der Waals surface area (Å²) in [6.07, 6.45) is 26.7. The first-order chi connectivity index (χ1) is 11.8. The monoisotopic (exact) mass is 338 g/mol. The Kier molecular flexibility index (Phi) is 20.5. The van der Waals surface area contributed by atoms with Gasteiger partial charge in [-0.1, -0.05) is 90.7 Å². The van der Waals surface area contributed by atoms with Gasteiger partial charge in [-0.05, 0) is 44.9 Å². The fourth-order valence-electron chi connectivity index (χ4n) is 3.07. The van der Waals surface area contributed by atoms with Crippen molar-refractivity contribution in [2.75, 3.05) is 6.61 Å². The van der Waals surface area contributed by atoms with Crippen LogP contribution in [0.3, 0.4) is 0 Å². The van der Waals surface area contributed by atoms with E-state index in [0.717, 1.165) is 6.61 Å². The molecular formula is C23H46O. The summed E-state index contributed by atoms with van der Waals surface area (Å²) in [6, 6.07) is 0. The van der Waals surface area contributed by atoms with Crippen LogP contribution in [0.5, 0.6) is 0 Å². The zero-order valence-corrected chi connectivity index (χ0v) is 17.2. The van der Waals surface area contributed by atoms with Gasteiger partial charge in [0.05, 0.1) is 6.10 Å². The van der Waals surface area contributed by atoms with Crippen LogP contribution in [-0.4, -0.2) is 12.7 Å². The van der Waals surface area contributed by atoms with E-state index in [1.165, 1.54) is 103 Å². The third-order valence-electron chi connectivity index (χ3n) is 4.84. The smallest absolute Gasteiger partial charge is 0.0572 e. The van der Waals surface area contributed by atoms with Crippen LogP contribution in [0.25, 0.3) is 0 Å². The van der Waals surface area contributed by atoms with Crippen molar-refractivity contribution in [3.8, 4) is 0 Å². The van der Waals surface area contributed by atoms with Crippen LogP contribution in [0.1, 0.15) is 124 Å². The lowest BCUT2D eigenvalue weighted by atomic mass is 10.1. The summed E-state index contributed by atoms with van der Waals surface area (Å²) >= 11 is 0. The molecule has 0 saturated heterocycles. The highest BCUT2D eigenvalue weighted by molar-refractivity contribution is 4.81. The van der Waals surface area contributed by atoms with Crippen molar-refractivity contribution in [3.63, 3.8) is 0 Å². The van der Waals surface area contributed by atoms with Crippen molar-refractivity contribution >= 4 is 0 Å². The zero-order valence-electron chi connectivity index (χ0n) is 17.2. The van der Waals surface area contributed by atoms with Gasteiger partial charge in [-0.15, -0.1) is 0 Å². The maximum absolute atomic E-state index is 5.93. The number of rotatable bonds is 19. The standard InChI is InChI=1S/C23H46O/c1-4-7-9-10-11-12-13-14-15-16-17-18-19-20-21-23(6-3)24-22-8-5-2/h14-15,23H,4-13,16-22H2,1-3H3/b15-14-. The predicted molar refractivity (Wildman–Crippen MR) is 110 cm³/mol. The maximum atomic E-state index is 5.93. The van der Waals surface area contributed by atoms with E-state index >= 15 is 0 Å². The Balaban J connectivity index is 3.27. The fourth-order valence-corrected chi connectivity index (χ4v) is 3.07. The molecule has 0 radical (unpaired) electrons. The fraction of sp³-hybridized carbons (Fsp3) is 0.913. The molecular weight excluding hydrogens is 292 g/mol. The van der Waals surface area contributed by atoms with Gasteiger partial charge in [-0.2, -0.15) is 0 Å². The van der Waals surface area contributed by atoms with Gasteiger partial charge >= 0.3 is 0 Å². The Morgan fingerprint density at radius 2 is 1.17 bits per heavy atom. The summed E-state index contributed by atoms with van der Waals surface area (Å²) < 4.78 is 5.93. The molecule has 0 bridgehead atoms. The first kappa shape index (κ1) is 23.7. The van der Waals surface area contributed by atoms with Gasteiger partial charge in [0, 0.05) is 6.61 Å². The molecule has 0 aliphatic rings. The van der Waals surface area contributed by atoms with Crippen LogP contribution in [-0.2, 0) is 4.74 Å². The molecule has 0 spiro atoms. The van der Waals surface area contributed by atoms with Gasteiger partial charge < -0.3 is 4.74 Å². The average molecular weight is 339 g/mol. The van der Waals surface area contributed by atoms with E-state index in [4.69, 9.17) is 4.74 Å². The van der Waals surface area contributed by atoms with Crippen molar-refractivity contribution in [3.05, 3.63) is 12.2 Å². The lowest BCUT2D eigenvalue weighted by molar-refractivity contribution is 0.0414. The van der Waals surface area contributed by atoms with Gasteiger partial charge in [0.25, 0.3) is 0 Å². The SMILES string of the molecule is CCCCCCCC/C=C\CCCCCCC(CC)OCCCC. The largest absolute Gasteiger partial charge is 0.378 e. The minimum absolute atomic E-state index is 0.508. The summed E-state index contributed by atoms with van der Waals surface area (Å²) in [6.45, 7) is 7.72. The van der Waals surface area contributed by atoms with Crippen LogP contribution in [0, 0.1) is 0 Å². The Morgan fingerprint density at radius 1 is 0.625 bits per heavy atom. The van der Waals surface area contributed by atoms with Crippen molar-refractivity contribution in [1.82, 2.24) is 0 Å². The van der Waals surface area contributed by atoms with Crippen molar-refractivity contribution in [2.24, 2.45) is 0 Å². The van der Waals surface area contributed by atoms with E-state index in [1.807, 2.05) is 0 Å². The van der Waals surface area contributed by atoms with Crippen molar-refractivity contribution < 1.29 is 4.74 Å². The van der Waals surface area contributed by atoms with Gasteiger partial charge in [-0.3, -0.25) is 0 Å². The van der Waals surface area contributed by atoms with E-state index < -0.39 is 0 Å². The van der Waals surface area contributed by atoms with E-state index in [9.17, 15) is 0 Å². The number of hydrogen-bond donors (Lipinski definition) is 0. The van der Waals surface area contributed by atoms with E-state index in [0.29, 0.717) is 6.10 Å². The van der Waals surface area contributed by atoms with E-state index in [2.05, 4.69) is 32.9 Å². The first-order valence-corrected chi connectivity index (χ1v) is 11.1. The molecule has 0 saturated carbocycles. The molecule has 1 nitrogen and oxygen atoms in total. The Labute approximate surface area is 153 Å². The lowest BCUT2D eigenvalue weighted by Gasteiger charge is -2.15. The quantitative estimate of drug-likeness (QED) is 0.170. The van der Waals surface area contributed by atoms with Gasteiger partial charge in [0.1, 0.15) is 0 Å². The summed E-state index contributed by atoms with van der Waals surface area (Å²) in [5, 5.41) is 0. The second kappa shape index (κ2) is 20.7. The van der Waals surface area contributed by atoms with Crippen LogP contribution in [0.15, 0.2) is 12.2 Å². The molecule has 0 rings (SSSR count). The lowest BCUT2D eigenvalue weighted by Crippen LogP contribution is -2.12. The second-order valence-electron chi connectivity index (χ2n) is 7.27. The third-order valence-corrected chi connectivity index (χ3v) is 4.84. The summed E-state index contributed by atoms with van der Waals surface area (Å²) in [7, 11) is 0. The van der Waals surface area contributed by atoms with Crippen molar-refractivity contribution in [2.45, 2.75) is 130 Å². The maximum Gasteiger partial charge on any atom is 0.0572 e. The molecule has 0 aromatic rings. The molecule has 1 unspecified atom stereocenters. The van der Waals surface area contributed by atoms with E-state index in [-0.39, 0.29) is 0 Å². The third kappa shape index (κ3) is 18.0. The zero-order chi connectivity index (χ0) is 17.7. The molecule has 0 aliphatic heterocycles. The minimum Gasteiger partial charge on any atom is -0.378 e. The molecule has 0 aromatic heterocycles. The Hall–Kier alpha value is -0.300. The Morgan fingerprint density at radius 3 is 1.75 bits per heavy atom. The number of hydrogen-bond acceptors (Lipinski definition) is 1. The predicted octanol–water partition coefficient (Wildman–Crippen LogP) is 8.23. The molecule has 0 aromatic carbocycles. The molecule has 1 heteroatoms. The molecule has 0 aliphatic carbocycles. The van der Waals surface area contributed by atoms with Gasteiger partial charge in [0.15, 0.2) is 0 Å². The molecule has 0 fully saturated rings. The van der Waals surface area contributed by atoms with Crippen molar-refractivity contribution in [1.29, 1.82) is 0 Å². The Bertz CT molecular complexity index is 246. The highest BCUT2D eigenvalue weighted by Crippen LogP contribution is 2.13. The highest BCUT2D eigenvalue weighted by atomic mass is 16.5. The molecule has 144 valence electrons. The van der Waals surface area contributed by atoms with Crippen LogP contribution >= 0.6 is 0 Å². The second-order valence-corrected chi connectivity index (χ2v) is 7.27. The van der Waals surface area contributed by atoms with Crippen LogP contribution in [0.2, 0.25) is 0 Å². The van der Waals surface area contributed by atoms with Gasteiger partial charge in [0.2, 0.25) is 0 Å². The normalized spacial score (nSPS) is 13.0. The minimum atomic E-state index is 0.508. The van der Waals surface area contributed by atoms with Crippen LogP contribution < -0.4 is 0 Å². The van der Waals surface area contributed by atoms with E-state index in [1.54, 1.807) is 0 Å². The summed E-state index contributed by atoms with van der Waals surface area (Å²) in [5.41, 5.74) is 0. The molecule has 0 N–H and O–H groups in total. The van der Waals surface area contributed by atoms with Gasteiger partial charge in [-0.25, -0.2) is 0 Å². The number of ether oxygens (including phenoxy) is 1. The first-order valence-electron chi connectivity index (χ1n) is 11.1. The average Bonchev–Trinajstić information content (AvgIpc) is 2.60. The highest BCUT2D eigenvalue weighted by Gasteiger charge is 2.05.